The molecule has 8 heteroatoms. The van der Waals surface area contributed by atoms with Crippen LogP contribution in [0.3, 0.4) is 0 Å². The quantitative estimate of drug-likeness (QED) is 0.709. The number of benzene rings is 2. The zero-order valence-corrected chi connectivity index (χ0v) is 14.3. The highest BCUT2D eigenvalue weighted by atomic mass is 35.5. The van der Waals surface area contributed by atoms with Gasteiger partial charge in [-0.05, 0) is 42.5 Å². The molecular formula is C17H11ClN2O4S. The summed E-state index contributed by atoms with van der Waals surface area (Å²) in [4.78, 5) is 39.7. The summed E-state index contributed by atoms with van der Waals surface area (Å²) < 4.78 is 5.78. The first kappa shape index (κ1) is 17.1. The van der Waals surface area contributed by atoms with Crippen molar-refractivity contribution in [2.24, 2.45) is 0 Å². The predicted molar refractivity (Wildman–Crippen MR) is 93.8 cm³/mol. The lowest BCUT2D eigenvalue weighted by molar-refractivity contribution is -0.123. The molecular weight excluding hydrogens is 364 g/mol. The van der Waals surface area contributed by atoms with Crippen LogP contribution in [0.15, 0.2) is 48.0 Å². The van der Waals surface area contributed by atoms with Crippen LogP contribution in [-0.2, 0) is 9.53 Å². The van der Waals surface area contributed by atoms with Gasteiger partial charge >= 0.3 is 5.97 Å². The molecule has 1 heterocycles. The van der Waals surface area contributed by atoms with E-state index in [1.807, 2.05) is 0 Å². The van der Waals surface area contributed by atoms with Crippen molar-refractivity contribution in [2.45, 2.75) is 0 Å². The van der Waals surface area contributed by atoms with Crippen molar-refractivity contribution in [3.05, 3.63) is 64.1 Å². The first-order valence-corrected chi connectivity index (χ1v) is 8.39. The number of amides is 2. The van der Waals surface area contributed by atoms with Crippen LogP contribution in [0.5, 0.6) is 0 Å². The van der Waals surface area contributed by atoms with E-state index in [0.29, 0.717) is 10.6 Å². The third-order valence-corrected chi connectivity index (χ3v) is 4.30. The standard InChI is InChI=1S/C17H11ClN2O4S/c18-12-4-1-10(2-5-12)16(22)20-15(21)8-24-17(23)11-3-6-13-14(7-11)25-9-19-13/h1-7,9H,8H2,(H,20,21,22). The first-order valence-electron chi connectivity index (χ1n) is 7.13. The normalized spacial score (nSPS) is 10.4. The highest BCUT2D eigenvalue weighted by molar-refractivity contribution is 7.16. The largest absolute Gasteiger partial charge is 0.452 e. The second-order valence-electron chi connectivity index (χ2n) is 5.00. The Labute approximate surface area is 151 Å². The van der Waals surface area contributed by atoms with E-state index in [-0.39, 0.29) is 5.56 Å². The van der Waals surface area contributed by atoms with Gasteiger partial charge in [-0.2, -0.15) is 0 Å². The van der Waals surface area contributed by atoms with E-state index in [9.17, 15) is 14.4 Å². The zero-order chi connectivity index (χ0) is 17.8. The minimum absolute atomic E-state index is 0.278. The minimum atomic E-state index is -0.716. The molecule has 0 unspecified atom stereocenters. The molecule has 0 bridgehead atoms. The third-order valence-electron chi connectivity index (χ3n) is 3.26. The first-order chi connectivity index (χ1) is 12.0. The van der Waals surface area contributed by atoms with E-state index in [0.717, 1.165) is 10.2 Å². The van der Waals surface area contributed by atoms with Crippen LogP contribution in [-0.4, -0.2) is 29.4 Å². The Hall–Kier alpha value is -2.77. The Bertz CT molecular complexity index is 953. The lowest BCUT2D eigenvalue weighted by atomic mass is 10.2. The summed E-state index contributed by atoms with van der Waals surface area (Å²) in [7, 11) is 0. The average molecular weight is 375 g/mol. The van der Waals surface area contributed by atoms with Crippen LogP contribution in [0.2, 0.25) is 5.02 Å². The molecule has 0 aliphatic heterocycles. The fraction of sp³-hybridized carbons (Fsp3) is 0.0588. The maximum Gasteiger partial charge on any atom is 0.338 e. The van der Waals surface area contributed by atoms with Gasteiger partial charge in [-0.3, -0.25) is 14.9 Å². The van der Waals surface area contributed by atoms with Crippen molar-refractivity contribution >= 4 is 50.9 Å². The molecule has 0 radical (unpaired) electrons. The smallest absolute Gasteiger partial charge is 0.338 e. The van der Waals surface area contributed by atoms with E-state index < -0.39 is 24.4 Å². The molecule has 0 saturated carbocycles. The number of rotatable bonds is 4. The van der Waals surface area contributed by atoms with E-state index in [2.05, 4.69) is 10.3 Å². The van der Waals surface area contributed by atoms with Crippen molar-refractivity contribution in [3.8, 4) is 0 Å². The summed E-state index contributed by atoms with van der Waals surface area (Å²) in [5.74, 6) is -1.96. The molecule has 0 spiro atoms. The number of nitrogens with zero attached hydrogens (tertiary/aromatic N) is 1. The number of carbonyl (C=O) groups excluding carboxylic acids is 3. The molecule has 126 valence electrons. The maximum absolute atomic E-state index is 12.0. The van der Waals surface area contributed by atoms with E-state index in [1.54, 1.807) is 23.7 Å². The Morgan fingerprint density at radius 1 is 1.08 bits per heavy atom. The van der Waals surface area contributed by atoms with E-state index >= 15 is 0 Å². The topological polar surface area (TPSA) is 85.4 Å². The molecule has 3 aromatic rings. The van der Waals surface area contributed by atoms with Gasteiger partial charge in [-0.1, -0.05) is 11.6 Å². The van der Waals surface area contributed by atoms with Crippen LogP contribution in [0.1, 0.15) is 20.7 Å². The second kappa shape index (κ2) is 7.42. The summed E-state index contributed by atoms with van der Waals surface area (Å²) >= 11 is 7.13. The minimum Gasteiger partial charge on any atom is -0.452 e. The number of fused-ring (bicyclic) bond motifs is 1. The number of ether oxygens (including phenoxy) is 1. The molecule has 2 aromatic carbocycles. The Kier molecular flexibility index (Phi) is 5.06. The van der Waals surface area contributed by atoms with Gasteiger partial charge in [0.1, 0.15) is 0 Å². The molecule has 1 aromatic heterocycles. The van der Waals surface area contributed by atoms with Gasteiger partial charge in [0, 0.05) is 10.6 Å². The molecule has 0 atom stereocenters. The van der Waals surface area contributed by atoms with Crippen LogP contribution >= 0.6 is 22.9 Å². The number of imide groups is 1. The van der Waals surface area contributed by atoms with Gasteiger partial charge in [-0.25, -0.2) is 9.78 Å². The SMILES string of the molecule is O=C(COC(=O)c1ccc2ncsc2c1)NC(=O)c1ccc(Cl)cc1. The fourth-order valence-corrected chi connectivity index (χ4v) is 2.87. The van der Waals surface area contributed by atoms with Crippen LogP contribution in [0.4, 0.5) is 0 Å². The molecule has 25 heavy (non-hydrogen) atoms. The molecule has 0 saturated heterocycles. The van der Waals surface area contributed by atoms with Crippen molar-refractivity contribution in [1.82, 2.24) is 10.3 Å². The third kappa shape index (κ3) is 4.20. The van der Waals surface area contributed by atoms with Crippen LogP contribution in [0.25, 0.3) is 10.2 Å². The summed E-state index contributed by atoms with van der Waals surface area (Å²) in [6.45, 7) is -0.557. The van der Waals surface area contributed by atoms with Crippen molar-refractivity contribution in [1.29, 1.82) is 0 Å². The van der Waals surface area contributed by atoms with Gasteiger partial charge in [0.25, 0.3) is 11.8 Å². The van der Waals surface area contributed by atoms with E-state index in [4.69, 9.17) is 16.3 Å². The number of thiazole rings is 1. The number of esters is 1. The van der Waals surface area contributed by atoms with Crippen molar-refractivity contribution in [3.63, 3.8) is 0 Å². The number of nitrogens with one attached hydrogen (secondary N) is 1. The number of carbonyl (C=O) groups is 3. The summed E-state index contributed by atoms with van der Waals surface area (Å²) in [6.07, 6.45) is 0. The van der Waals surface area contributed by atoms with Gasteiger partial charge < -0.3 is 4.74 Å². The Morgan fingerprint density at radius 2 is 1.80 bits per heavy atom. The molecule has 0 fully saturated rings. The maximum atomic E-state index is 12.0. The summed E-state index contributed by atoms with van der Waals surface area (Å²) in [5, 5.41) is 2.62. The molecule has 0 aliphatic rings. The van der Waals surface area contributed by atoms with Crippen LogP contribution in [0, 0.1) is 0 Å². The van der Waals surface area contributed by atoms with Gasteiger partial charge in [0.2, 0.25) is 0 Å². The second-order valence-corrected chi connectivity index (χ2v) is 6.32. The predicted octanol–water partition coefficient (Wildman–Crippen LogP) is 3.06. The van der Waals surface area contributed by atoms with Crippen molar-refractivity contribution < 1.29 is 19.1 Å². The molecule has 3 rings (SSSR count). The van der Waals surface area contributed by atoms with E-state index in [1.165, 1.54) is 35.6 Å². The monoisotopic (exact) mass is 374 g/mol. The zero-order valence-electron chi connectivity index (χ0n) is 12.7. The molecule has 2 amide bonds. The highest BCUT2D eigenvalue weighted by Crippen LogP contribution is 2.19. The van der Waals surface area contributed by atoms with Gasteiger partial charge in [-0.15, -0.1) is 11.3 Å². The highest BCUT2D eigenvalue weighted by Gasteiger charge is 2.14. The summed E-state index contributed by atoms with van der Waals surface area (Å²) in [5.41, 5.74) is 3.05. The van der Waals surface area contributed by atoms with Gasteiger partial charge in [0.15, 0.2) is 6.61 Å². The summed E-state index contributed by atoms with van der Waals surface area (Å²) in [6, 6.07) is 11.0. The molecule has 1 N–H and O–H groups in total. The van der Waals surface area contributed by atoms with Crippen molar-refractivity contribution in [2.75, 3.05) is 6.61 Å². The lowest BCUT2D eigenvalue weighted by Crippen LogP contribution is -2.34. The fourth-order valence-electron chi connectivity index (χ4n) is 2.03. The Morgan fingerprint density at radius 3 is 2.56 bits per heavy atom. The molecule has 0 aliphatic carbocycles. The number of aromatic nitrogens is 1. The lowest BCUT2D eigenvalue weighted by Gasteiger charge is -2.06. The average Bonchev–Trinajstić information content (AvgIpc) is 3.07. The van der Waals surface area contributed by atoms with Gasteiger partial charge in [0.05, 0.1) is 21.3 Å². The number of hydrogen-bond donors (Lipinski definition) is 1. The molecule has 6 nitrogen and oxygen atoms in total. The number of halogens is 1. The van der Waals surface area contributed by atoms with Crippen LogP contribution < -0.4 is 5.32 Å². The Balaban J connectivity index is 1.55. The number of hydrogen-bond acceptors (Lipinski definition) is 6.